The van der Waals surface area contributed by atoms with Crippen molar-refractivity contribution in [1.29, 1.82) is 0 Å². The predicted molar refractivity (Wildman–Crippen MR) is 160 cm³/mol. The molecule has 8 atom stereocenters. The summed E-state index contributed by atoms with van der Waals surface area (Å²) in [5.41, 5.74) is 3.59. The Morgan fingerprint density at radius 2 is 1.25 bits per heavy atom. The van der Waals surface area contributed by atoms with Gasteiger partial charge in [-0.05, 0) is 57.9 Å². The number of allylic oxidation sites excluding steroid dienone is 2. The van der Waals surface area contributed by atoms with Gasteiger partial charge in [-0.25, -0.2) is 0 Å². The summed E-state index contributed by atoms with van der Waals surface area (Å²) in [7, 11) is 0. The number of hydrogen-bond donors (Lipinski definition) is 0. The van der Waals surface area contributed by atoms with Crippen molar-refractivity contribution < 1.29 is 19.2 Å². The Morgan fingerprint density at radius 3 is 1.86 bits per heavy atom. The van der Waals surface area contributed by atoms with Crippen molar-refractivity contribution >= 4 is 29.8 Å². The van der Waals surface area contributed by atoms with Crippen LogP contribution in [-0.4, -0.2) is 39.8 Å². The molecule has 0 spiro atoms. The molecule has 2 heterocycles. The smallest absolute Gasteiger partial charge is 0.254 e. The van der Waals surface area contributed by atoms with E-state index in [2.05, 4.69) is 12.2 Å². The summed E-state index contributed by atoms with van der Waals surface area (Å²) >= 11 is 0. The van der Waals surface area contributed by atoms with Crippen molar-refractivity contribution in [3.63, 3.8) is 0 Å². The van der Waals surface area contributed by atoms with E-state index in [4.69, 9.17) is 5.10 Å². The van der Waals surface area contributed by atoms with Crippen LogP contribution in [0.2, 0.25) is 0 Å². The fourth-order valence-corrected chi connectivity index (χ4v) is 10.2. The number of hydrogen-bond acceptors (Lipinski definition) is 5. The minimum Gasteiger partial charge on any atom is -0.278 e. The lowest BCUT2D eigenvalue weighted by Crippen LogP contribution is -2.55. The summed E-state index contributed by atoms with van der Waals surface area (Å²) in [5.74, 6) is -2.04. The lowest BCUT2D eigenvalue weighted by molar-refractivity contribution is -0.141. The van der Waals surface area contributed by atoms with E-state index in [0.29, 0.717) is 11.8 Å². The van der Waals surface area contributed by atoms with Gasteiger partial charge in [-0.1, -0.05) is 91.0 Å². The average molecular weight is 580 g/mol. The first kappa shape index (κ1) is 24.8. The molecule has 2 saturated carbocycles. The van der Waals surface area contributed by atoms with Crippen molar-refractivity contribution in [2.24, 2.45) is 52.4 Å². The molecule has 0 unspecified atom stereocenters. The predicted octanol–water partition coefficient (Wildman–Crippen LogP) is 4.27. The van der Waals surface area contributed by atoms with Gasteiger partial charge in [0.2, 0.25) is 11.8 Å². The molecule has 0 aromatic heterocycles. The van der Waals surface area contributed by atoms with Crippen LogP contribution in [0.1, 0.15) is 40.2 Å². The molecule has 216 valence electrons. The molecule has 2 aliphatic heterocycles. The van der Waals surface area contributed by atoms with Gasteiger partial charge in [0.15, 0.2) is 0 Å². The first-order valence-corrected chi connectivity index (χ1v) is 15.7. The summed E-state index contributed by atoms with van der Waals surface area (Å²) in [4.78, 5) is 58.0. The van der Waals surface area contributed by atoms with Crippen LogP contribution in [0.3, 0.4) is 0 Å². The van der Waals surface area contributed by atoms with Gasteiger partial charge in [0.1, 0.15) is 0 Å². The Hall–Kier alpha value is -4.65. The molecule has 9 aliphatic rings. The summed E-state index contributed by atoms with van der Waals surface area (Å²) in [6, 6.07) is 25.5. The molecule has 7 heteroatoms. The van der Waals surface area contributed by atoms with Gasteiger partial charge in [0, 0.05) is 12.1 Å². The van der Waals surface area contributed by atoms with Crippen molar-refractivity contribution in [2.45, 2.75) is 24.3 Å². The van der Waals surface area contributed by atoms with E-state index in [1.807, 2.05) is 78.9 Å². The van der Waals surface area contributed by atoms with Crippen LogP contribution in [0.5, 0.6) is 0 Å². The first-order valence-electron chi connectivity index (χ1n) is 15.7. The fraction of sp³-hybridized carbons (Fsp3) is 0.324. The maximum Gasteiger partial charge on any atom is 0.254 e. The zero-order valence-corrected chi connectivity index (χ0v) is 23.8. The van der Waals surface area contributed by atoms with Gasteiger partial charge < -0.3 is 0 Å². The van der Waals surface area contributed by atoms with Crippen molar-refractivity contribution in [3.05, 3.63) is 119 Å². The van der Waals surface area contributed by atoms with E-state index in [0.717, 1.165) is 39.2 Å². The zero-order valence-electron chi connectivity index (χ0n) is 23.8. The number of hydrazone groups is 1. The molecule has 3 aromatic rings. The molecule has 12 rings (SSSR count). The average Bonchev–Trinajstić information content (AvgIpc) is 3.80. The topological polar surface area (TPSA) is 87.1 Å². The molecule has 4 fully saturated rings. The Morgan fingerprint density at radius 1 is 0.682 bits per heavy atom. The van der Waals surface area contributed by atoms with Crippen LogP contribution in [0.25, 0.3) is 0 Å². The Balaban J connectivity index is 1.13. The van der Waals surface area contributed by atoms with Crippen molar-refractivity contribution in [1.82, 2.24) is 9.91 Å². The number of nitrogens with zero attached hydrogens (tertiary/aromatic N) is 3. The van der Waals surface area contributed by atoms with Crippen molar-refractivity contribution in [2.75, 3.05) is 0 Å². The molecule has 7 nitrogen and oxygen atoms in total. The summed E-state index contributed by atoms with van der Waals surface area (Å²) < 4.78 is 0. The second-order valence-corrected chi connectivity index (χ2v) is 13.7. The van der Waals surface area contributed by atoms with Crippen LogP contribution < -0.4 is 0 Å². The number of carbonyl (C=O) groups is 4. The van der Waals surface area contributed by atoms with Gasteiger partial charge in [-0.15, -0.1) is 0 Å². The summed E-state index contributed by atoms with van der Waals surface area (Å²) in [6.07, 6.45) is 7.08. The third kappa shape index (κ3) is 2.82. The minimum atomic E-state index is -1.11. The van der Waals surface area contributed by atoms with Gasteiger partial charge >= 0.3 is 0 Å². The molecular formula is C37H29N3O4. The molecular weight excluding hydrogens is 550 g/mol. The largest absolute Gasteiger partial charge is 0.278 e. The van der Waals surface area contributed by atoms with Gasteiger partial charge in [0.05, 0.1) is 35.6 Å². The van der Waals surface area contributed by atoms with Gasteiger partial charge in [-0.3, -0.25) is 24.1 Å². The molecule has 7 aliphatic carbocycles. The number of carbonyl (C=O) groups excluding carboxylic acids is 4. The highest BCUT2D eigenvalue weighted by Gasteiger charge is 2.69. The van der Waals surface area contributed by atoms with Crippen LogP contribution in [-0.2, 0) is 31.1 Å². The number of amides is 4. The highest BCUT2D eigenvalue weighted by Crippen LogP contribution is 2.66. The number of likely N-dealkylation sites (tertiary alicyclic amines) is 1. The van der Waals surface area contributed by atoms with Crippen LogP contribution in [0.15, 0.2) is 96.1 Å². The molecule has 2 saturated heterocycles. The monoisotopic (exact) mass is 579 g/mol. The second kappa shape index (κ2) is 8.29. The molecule has 3 aromatic carbocycles. The van der Waals surface area contributed by atoms with E-state index >= 15 is 0 Å². The zero-order chi connectivity index (χ0) is 29.5. The SMILES string of the molecule is O=C1[C@@H]2C3c4ccccc4C(/C=N\N4C(=O)[C@@H]5[C@H]6C=C[C@@H]([C@@H]7C[C@H]67)[C@H]5C4=O)(c4ccccc43)[C@@H]2C(=O)N1Cc1ccccc1. The van der Waals surface area contributed by atoms with Crippen molar-refractivity contribution in [3.8, 4) is 0 Å². The number of benzene rings is 3. The Kier molecular flexibility index (Phi) is 4.66. The van der Waals surface area contributed by atoms with Gasteiger partial charge in [-0.2, -0.15) is 10.1 Å². The lowest BCUT2D eigenvalue weighted by atomic mass is 9.47. The minimum absolute atomic E-state index is 0.0985. The molecule has 0 radical (unpaired) electrons. The van der Waals surface area contributed by atoms with Crippen LogP contribution >= 0.6 is 0 Å². The molecule has 4 amide bonds. The van der Waals surface area contributed by atoms with E-state index < -0.39 is 17.3 Å². The van der Waals surface area contributed by atoms with E-state index in [1.54, 1.807) is 6.21 Å². The molecule has 44 heavy (non-hydrogen) atoms. The highest BCUT2D eigenvalue weighted by molar-refractivity contribution is 6.12. The normalized spacial score (nSPS) is 38.2. The second-order valence-electron chi connectivity index (χ2n) is 13.7. The standard InChI is InChI=1S/C37H29N3O4/c41-33-31-28-22-10-4-6-12-26(22)37(27-13-7-5-11-23(27)28,32(31)36(44)39(33)17-19-8-2-1-3-9-19)18-38-40-34(42)29-20-14-15-21(25-16-24(20)25)30(29)35(40)43/h1-15,18,20-21,24-25,28-32H,16-17H2/b38-18-/t20-,21-,24-,25+,28?,29+,30+,31+,32-,37?/m0/s1. The fourth-order valence-electron chi connectivity index (χ4n) is 10.2. The maximum atomic E-state index is 14.5. The number of rotatable bonds is 4. The van der Waals surface area contributed by atoms with E-state index in [-0.39, 0.29) is 59.8 Å². The maximum absolute atomic E-state index is 14.5. The van der Waals surface area contributed by atoms with Gasteiger partial charge in [0.25, 0.3) is 11.8 Å². The molecule has 4 bridgehead atoms. The highest BCUT2D eigenvalue weighted by atomic mass is 16.2. The lowest BCUT2D eigenvalue weighted by Gasteiger charge is -2.52. The summed E-state index contributed by atoms with van der Waals surface area (Å²) in [5, 5.41) is 5.87. The molecule has 0 N–H and O–H groups in total. The third-order valence-electron chi connectivity index (χ3n) is 12.0. The van der Waals surface area contributed by atoms with E-state index in [1.165, 1.54) is 4.90 Å². The van der Waals surface area contributed by atoms with E-state index in [9.17, 15) is 19.2 Å². The van der Waals surface area contributed by atoms with Crippen LogP contribution in [0, 0.1) is 47.3 Å². The van der Waals surface area contributed by atoms with Crippen LogP contribution in [0.4, 0.5) is 0 Å². The third-order valence-corrected chi connectivity index (χ3v) is 12.0. The quantitative estimate of drug-likeness (QED) is 0.263. The Labute approximate surface area is 254 Å². The summed E-state index contributed by atoms with van der Waals surface area (Å²) in [6.45, 7) is 0.197. The first-order chi connectivity index (χ1) is 21.5. The number of imide groups is 2. The Bertz CT molecular complexity index is 1810.